The molecule has 0 saturated heterocycles. The van der Waals surface area contributed by atoms with Gasteiger partial charge in [0.1, 0.15) is 5.71 Å². The monoisotopic (exact) mass is 211 g/mol. The zero-order valence-corrected chi connectivity index (χ0v) is 8.47. The number of amidine groups is 1. The molecule has 0 fully saturated rings. The Labute approximate surface area is 92.4 Å². The van der Waals surface area contributed by atoms with Gasteiger partial charge in [-0.2, -0.15) is 0 Å². The Morgan fingerprint density at radius 3 is 3.06 bits per heavy atom. The molecule has 2 heterocycles. The number of carbonyl (C=O) groups excluding carboxylic acids is 1. The summed E-state index contributed by atoms with van der Waals surface area (Å²) in [5.41, 5.74) is 3.87. The average Bonchev–Trinajstić information content (AvgIpc) is 2.69. The van der Waals surface area contributed by atoms with Crippen LogP contribution in [0.25, 0.3) is 5.57 Å². The molecule has 1 amide bonds. The highest BCUT2D eigenvalue weighted by Crippen LogP contribution is 2.35. The van der Waals surface area contributed by atoms with Gasteiger partial charge in [0.2, 0.25) is 6.41 Å². The minimum absolute atomic E-state index is 0.559. The van der Waals surface area contributed by atoms with Crippen LogP contribution in [0.5, 0.6) is 0 Å². The number of nitrogens with zero attached hydrogens (tertiary/aromatic N) is 2. The van der Waals surface area contributed by atoms with Gasteiger partial charge in [0.05, 0.1) is 12.2 Å². The summed E-state index contributed by atoms with van der Waals surface area (Å²) in [6.45, 7) is 0.582. The lowest BCUT2D eigenvalue weighted by Crippen LogP contribution is -2.31. The van der Waals surface area contributed by atoms with Gasteiger partial charge in [0.15, 0.2) is 5.84 Å². The molecule has 3 rings (SSSR count). The Kier molecular flexibility index (Phi) is 1.93. The first-order chi connectivity index (χ1) is 7.90. The summed E-state index contributed by atoms with van der Waals surface area (Å²) in [5, 5.41) is 2.59. The van der Waals surface area contributed by atoms with Gasteiger partial charge in [-0.3, -0.25) is 9.79 Å². The van der Waals surface area contributed by atoms with Gasteiger partial charge in [-0.25, -0.2) is 4.99 Å². The predicted octanol–water partition coefficient (Wildman–Crippen LogP) is 1.31. The maximum absolute atomic E-state index is 10.5. The summed E-state index contributed by atoms with van der Waals surface area (Å²) in [6.07, 6.45) is 2.66. The molecule has 2 aliphatic heterocycles. The summed E-state index contributed by atoms with van der Waals surface area (Å²) < 4.78 is 0. The zero-order chi connectivity index (χ0) is 11.0. The van der Waals surface area contributed by atoms with E-state index in [-0.39, 0.29) is 0 Å². The predicted molar refractivity (Wildman–Crippen MR) is 63.0 cm³/mol. The number of hydrogen-bond acceptors (Lipinski definition) is 3. The number of aliphatic imine (C=N–C) groups is 2. The summed E-state index contributed by atoms with van der Waals surface area (Å²) in [7, 11) is 0. The molecule has 4 nitrogen and oxygen atoms in total. The lowest BCUT2D eigenvalue weighted by molar-refractivity contribution is -0.108. The van der Waals surface area contributed by atoms with Crippen molar-refractivity contribution in [2.75, 3.05) is 6.54 Å². The minimum Gasteiger partial charge on any atom is -0.312 e. The molecule has 16 heavy (non-hydrogen) atoms. The van der Waals surface area contributed by atoms with Crippen molar-refractivity contribution < 1.29 is 4.79 Å². The van der Waals surface area contributed by atoms with Gasteiger partial charge in [0.25, 0.3) is 0 Å². The van der Waals surface area contributed by atoms with Gasteiger partial charge in [-0.15, -0.1) is 0 Å². The van der Waals surface area contributed by atoms with Crippen LogP contribution in [0.15, 0.2) is 40.3 Å². The fourth-order valence-electron chi connectivity index (χ4n) is 1.97. The van der Waals surface area contributed by atoms with Gasteiger partial charge < -0.3 is 5.32 Å². The quantitative estimate of drug-likeness (QED) is 0.700. The standard InChI is InChI=1S/C12H9N3O/c16-7-14-12-11-9(5-6-13-12)8-3-1-2-4-10(8)15-11/h1-5,7H,6H2,(H,13,14,16). The first-order valence-corrected chi connectivity index (χ1v) is 5.04. The lowest BCUT2D eigenvalue weighted by atomic mass is 10.0. The highest BCUT2D eigenvalue weighted by molar-refractivity contribution is 6.60. The Bertz CT molecular complexity index is 555. The summed E-state index contributed by atoms with van der Waals surface area (Å²) in [6, 6.07) is 7.92. The fourth-order valence-corrected chi connectivity index (χ4v) is 1.97. The molecular formula is C12H9N3O. The van der Waals surface area contributed by atoms with Crippen LogP contribution in [0.2, 0.25) is 0 Å². The molecule has 0 saturated carbocycles. The van der Waals surface area contributed by atoms with Crippen molar-refractivity contribution in [3.05, 3.63) is 35.9 Å². The van der Waals surface area contributed by atoms with Crippen molar-refractivity contribution in [2.45, 2.75) is 0 Å². The largest absolute Gasteiger partial charge is 0.312 e. The van der Waals surface area contributed by atoms with Crippen LogP contribution in [0.1, 0.15) is 5.56 Å². The molecule has 0 aromatic heterocycles. The summed E-state index contributed by atoms with van der Waals surface area (Å²) >= 11 is 0. The lowest BCUT2D eigenvalue weighted by Gasteiger charge is -2.11. The molecule has 78 valence electrons. The molecule has 0 atom stereocenters. The first-order valence-electron chi connectivity index (χ1n) is 5.04. The van der Waals surface area contributed by atoms with Gasteiger partial charge >= 0.3 is 0 Å². The van der Waals surface area contributed by atoms with Crippen LogP contribution in [0.3, 0.4) is 0 Å². The number of rotatable bonds is 1. The molecule has 0 unspecified atom stereocenters. The number of hydrogen-bond donors (Lipinski definition) is 1. The van der Waals surface area contributed by atoms with Crippen molar-refractivity contribution in [1.82, 2.24) is 5.32 Å². The topological polar surface area (TPSA) is 53.8 Å². The summed E-state index contributed by atoms with van der Waals surface area (Å²) in [5.74, 6) is 0.559. The first kappa shape index (κ1) is 9.03. The van der Waals surface area contributed by atoms with Crippen LogP contribution in [0, 0.1) is 0 Å². The highest BCUT2D eigenvalue weighted by Gasteiger charge is 2.25. The van der Waals surface area contributed by atoms with E-state index < -0.39 is 0 Å². The van der Waals surface area contributed by atoms with E-state index in [1.165, 1.54) is 0 Å². The van der Waals surface area contributed by atoms with E-state index >= 15 is 0 Å². The van der Waals surface area contributed by atoms with Gasteiger partial charge in [-0.05, 0) is 6.07 Å². The van der Waals surface area contributed by atoms with Crippen LogP contribution in [-0.4, -0.2) is 24.5 Å². The van der Waals surface area contributed by atoms with Crippen LogP contribution >= 0.6 is 0 Å². The Balaban J connectivity index is 2.10. The number of para-hydroxylation sites is 1. The third kappa shape index (κ3) is 1.20. The van der Waals surface area contributed by atoms with E-state index in [2.05, 4.69) is 15.3 Å². The number of benzene rings is 1. The molecule has 0 spiro atoms. The van der Waals surface area contributed by atoms with Crippen LogP contribution in [0.4, 0.5) is 5.69 Å². The van der Waals surface area contributed by atoms with E-state index in [9.17, 15) is 4.79 Å². The van der Waals surface area contributed by atoms with Crippen molar-refractivity contribution in [3.63, 3.8) is 0 Å². The molecule has 1 N–H and O–H groups in total. The Morgan fingerprint density at radius 1 is 1.31 bits per heavy atom. The molecule has 4 heteroatoms. The van der Waals surface area contributed by atoms with E-state index in [1.54, 1.807) is 0 Å². The molecule has 0 aliphatic carbocycles. The van der Waals surface area contributed by atoms with Crippen molar-refractivity contribution >= 4 is 29.2 Å². The fraction of sp³-hybridized carbons (Fsp3) is 0.0833. The maximum Gasteiger partial charge on any atom is 0.212 e. The minimum atomic E-state index is 0.559. The number of dihydropyridines is 1. The molecule has 1 aromatic carbocycles. The Morgan fingerprint density at radius 2 is 2.19 bits per heavy atom. The molecule has 2 aliphatic rings. The number of fused-ring (bicyclic) bond motifs is 3. The van der Waals surface area contributed by atoms with E-state index in [4.69, 9.17) is 0 Å². The van der Waals surface area contributed by atoms with Crippen molar-refractivity contribution in [3.8, 4) is 0 Å². The van der Waals surface area contributed by atoms with Crippen LogP contribution in [-0.2, 0) is 4.79 Å². The second kappa shape index (κ2) is 3.41. The average molecular weight is 211 g/mol. The maximum atomic E-state index is 10.5. The summed E-state index contributed by atoms with van der Waals surface area (Å²) in [4.78, 5) is 19.2. The SMILES string of the molecule is O=CNC1=NCC=C2C1=Nc1ccccc12. The molecule has 0 bridgehead atoms. The van der Waals surface area contributed by atoms with E-state index in [0.717, 1.165) is 22.5 Å². The molecular weight excluding hydrogens is 202 g/mol. The Hall–Kier alpha value is -2.23. The second-order valence-electron chi connectivity index (χ2n) is 3.55. The van der Waals surface area contributed by atoms with Gasteiger partial charge in [-0.1, -0.05) is 24.3 Å². The van der Waals surface area contributed by atoms with Crippen molar-refractivity contribution in [1.29, 1.82) is 0 Å². The van der Waals surface area contributed by atoms with Crippen molar-refractivity contribution in [2.24, 2.45) is 9.98 Å². The number of nitrogens with one attached hydrogen (secondary N) is 1. The second-order valence-corrected chi connectivity index (χ2v) is 3.55. The number of amides is 1. The normalized spacial score (nSPS) is 16.6. The van der Waals surface area contributed by atoms with Gasteiger partial charge in [0, 0.05) is 11.1 Å². The van der Waals surface area contributed by atoms with E-state index in [0.29, 0.717) is 18.8 Å². The highest BCUT2D eigenvalue weighted by atomic mass is 16.1. The third-order valence-electron chi connectivity index (χ3n) is 2.65. The molecule has 1 aromatic rings. The van der Waals surface area contributed by atoms with E-state index in [1.807, 2.05) is 30.3 Å². The third-order valence-corrected chi connectivity index (χ3v) is 2.65. The molecule has 0 radical (unpaired) electrons. The zero-order valence-electron chi connectivity index (χ0n) is 8.47. The smallest absolute Gasteiger partial charge is 0.212 e. The number of carbonyl (C=O) groups is 1. The van der Waals surface area contributed by atoms with Crippen LogP contribution < -0.4 is 5.32 Å².